The largest absolute Gasteiger partial charge is 0.324 e. The van der Waals surface area contributed by atoms with Crippen molar-refractivity contribution in [1.82, 2.24) is 0 Å². The lowest BCUT2D eigenvalue weighted by atomic mass is 9.82. The second-order valence-corrected chi connectivity index (χ2v) is 4.83. The van der Waals surface area contributed by atoms with Crippen molar-refractivity contribution < 1.29 is 13.6 Å². The molecule has 0 spiro atoms. The SMILES string of the molecule is NC1(C(=O)Nc2cc(F)cc(F)c2)CCCCC1. The highest BCUT2D eigenvalue weighted by atomic mass is 19.1. The number of hydrogen-bond acceptors (Lipinski definition) is 2. The van der Waals surface area contributed by atoms with Crippen LogP contribution in [-0.2, 0) is 4.79 Å². The van der Waals surface area contributed by atoms with Gasteiger partial charge in [0.2, 0.25) is 5.91 Å². The predicted molar refractivity (Wildman–Crippen MR) is 65.0 cm³/mol. The Balaban J connectivity index is 2.10. The Morgan fingerprint density at radius 3 is 2.22 bits per heavy atom. The molecule has 0 aliphatic heterocycles. The molecule has 0 heterocycles. The number of anilines is 1. The normalized spacial score (nSPS) is 18.4. The minimum atomic E-state index is -0.916. The van der Waals surface area contributed by atoms with E-state index >= 15 is 0 Å². The fraction of sp³-hybridized carbons (Fsp3) is 0.462. The Bertz CT molecular complexity index is 436. The molecule has 0 bridgehead atoms. The number of benzene rings is 1. The lowest BCUT2D eigenvalue weighted by molar-refractivity contribution is -0.122. The highest BCUT2D eigenvalue weighted by Crippen LogP contribution is 2.27. The average molecular weight is 254 g/mol. The van der Waals surface area contributed by atoms with E-state index in [0.29, 0.717) is 12.8 Å². The maximum absolute atomic E-state index is 13.0. The van der Waals surface area contributed by atoms with Gasteiger partial charge in [-0.1, -0.05) is 19.3 Å². The molecule has 2 rings (SSSR count). The molecule has 0 saturated heterocycles. The van der Waals surface area contributed by atoms with Crippen molar-refractivity contribution in [3.05, 3.63) is 29.8 Å². The van der Waals surface area contributed by atoms with Crippen LogP contribution in [0.25, 0.3) is 0 Å². The van der Waals surface area contributed by atoms with Gasteiger partial charge in [-0.05, 0) is 25.0 Å². The summed E-state index contributed by atoms with van der Waals surface area (Å²) in [6.07, 6.45) is 4.09. The van der Waals surface area contributed by atoms with Crippen LogP contribution < -0.4 is 11.1 Å². The maximum atomic E-state index is 13.0. The monoisotopic (exact) mass is 254 g/mol. The van der Waals surface area contributed by atoms with E-state index in [4.69, 9.17) is 5.73 Å². The summed E-state index contributed by atoms with van der Waals surface area (Å²) in [6.45, 7) is 0. The summed E-state index contributed by atoms with van der Waals surface area (Å²) in [7, 11) is 0. The molecule has 0 atom stereocenters. The van der Waals surface area contributed by atoms with Crippen LogP contribution in [0.3, 0.4) is 0 Å². The van der Waals surface area contributed by atoms with Crippen LogP contribution in [0.5, 0.6) is 0 Å². The molecule has 0 aromatic heterocycles. The molecular weight excluding hydrogens is 238 g/mol. The predicted octanol–water partition coefficient (Wildman–Crippen LogP) is 2.56. The summed E-state index contributed by atoms with van der Waals surface area (Å²) >= 11 is 0. The van der Waals surface area contributed by atoms with E-state index in [-0.39, 0.29) is 11.6 Å². The minimum Gasteiger partial charge on any atom is -0.324 e. The number of nitrogens with one attached hydrogen (secondary N) is 1. The first-order valence-corrected chi connectivity index (χ1v) is 6.06. The van der Waals surface area contributed by atoms with Crippen molar-refractivity contribution in [3.63, 3.8) is 0 Å². The first kappa shape index (κ1) is 13.0. The van der Waals surface area contributed by atoms with Gasteiger partial charge in [-0.15, -0.1) is 0 Å². The lowest BCUT2D eigenvalue weighted by Crippen LogP contribution is -2.52. The molecule has 1 amide bonds. The Kier molecular flexibility index (Phi) is 3.61. The van der Waals surface area contributed by atoms with Crippen molar-refractivity contribution >= 4 is 11.6 Å². The summed E-state index contributed by atoms with van der Waals surface area (Å²) in [5.74, 6) is -1.81. The van der Waals surface area contributed by atoms with Gasteiger partial charge >= 0.3 is 0 Å². The number of rotatable bonds is 2. The van der Waals surface area contributed by atoms with Gasteiger partial charge in [0, 0.05) is 11.8 Å². The molecule has 1 fully saturated rings. The van der Waals surface area contributed by atoms with Gasteiger partial charge in [0.1, 0.15) is 11.6 Å². The van der Waals surface area contributed by atoms with Gasteiger partial charge in [0.05, 0.1) is 5.54 Å². The highest BCUT2D eigenvalue weighted by Gasteiger charge is 2.35. The Morgan fingerprint density at radius 2 is 1.67 bits per heavy atom. The fourth-order valence-electron chi connectivity index (χ4n) is 2.29. The van der Waals surface area contributed by atoms with Gasteiger partial charge in [-0.2, -0.15) is 0 Å². The third-order valence-corrected chi connectivity index (χ3v) is 3.32. The molecule has 5 heteroatoms. The molecule has 0 unspecified atom stereocenters. The van der Waals surface area contributed by atoms with E-state index in [9.17, 15) is 13.6 Å². The van der Waals surface area contributed by atoms with E-state index in [2.05, 4.69) is 5.32 Å². The Morgan fingerprint density at radius 1 is 1.11 bits per heavy atom. The third kappa shape index (κ3) is 2.85. The number of nitrogens with two attached hydrogens (primary N) is 1. The van der Waals surface area contributed by atoms with Crippen LogP contribution in [-0.4, -0.2) is 11.4 Å². The van der Waals surface area contributed by atoms with Crippen LogP contribution in [0.4, 0.5) is 14.5 Å². The quantitative estimate of drug-likeness (QED) is 0.852. The first-order valence-electron chi connectivity index (χ1n) is 6.06. The number of halogens is 2. The van der Waals surface area contributed by atoms with Crippen LogP contribution in [0, 0.1) is 11.6 Å². The van der Waals surface area contributed by atoms with E-state index < -0.39 is 17.2 Å². The lowest BCUT2D eigenvalue weighted by Gasteiger charge is -2.31. The molecule has 18 heavy (non-hydrogen) atoms. The van der Waals surface area contributed by atoms with Crippen LogP contribution in [0.1, 0.15) is 32.1 Å². The minimum absolute atomic E-state index is 0.105. The Labute approximate surface area is 104 Å². The molecular formula is C13H16F2N2O. The van der Waals surface area contributed by atoms with E-state index in [0.717, 1.165) is 37.5 Å². The van der Waals surface area contributed by atoms with Crippen molar-refractivity contribution in [2.24, 2.45) is 5.73 Å². The maximum Gasteiger partial charge on any atom is 0.244 e. The molecule has 98 valence electrons. The third-order valence-electron chi connectivity index (χ3n) is 3.32. The van der Waals surface area contributed by atoms with Gasteiger partial charge < -0.3 is 11.1 Å². The molecule has 3 nitrogen and oxygen atoms in total. The summed E-state index contributed by atoms with van der Waals surface area (Å²) < 4.78 is 26.0. The zero-order valence-electron chi connectivity index (χ0n) is 10.0. The summed E-state index contributed by atoms with van der Waals surface area (Å²) in [5, 5.41) is 2.49. The smallest absolute Gasteiger partial charge is 0.244 e. The first-order chi connectivity index (χ1) is 8.49. The van der Waals surface area contributed by atoms with Gasteiger partial charge in [0.15, 0.2) is 0 Å². The number of amides is 1. The second kappa shape index (κ2) is 5.02. The molecule has 1 aromatic carbocycles. The molecule has 1 aliphatic rings. The molecule has 3 N–H and O–H groups in total. The topological polar surface area (TPSA) is 55.1 Å². The van der Waals surface area contributed by atoms with Crippen LogP contribution >= 0.6 is 0 Å². The van der Waals surface area contributed by atoms with E-state index in [1.807, 2.05) is 0 Å². The molecule has 1 aliphatic carbocycles. The summed E-state index contributed by atoms with van der Waals surface area (Å²) in [4.78, 5) is 12.0. The van der Waals surface area contributed by atoms with Crippen molar-refractivity contribution in [2.45, 2.75) is 37.6 Å². The average Bonchev–Trinajstić information content (AvgIpc) is 2.28. The van der Waals surface area contributed by atoms with Crippen molar-refractivity contribution in [3.8, 4) is 0 Å². The van der Waals surface area contributed by atoms with Crippen LogP contribution in [0.2, 0.25) is 0 Å². The highest BCUT2D eigenvalue weighted by molar-refractivity contribution is 5.98. The zero-order valence-corrected chi connectivity index (χ0v) is 10.0. The van der Waals surface area contributed by atoms with E-state index in [1.165, 1.54) is 0 Å². The molecule has 0 radical (unpaired) electrons. The number of hydrogen-bond donors (Lipinski definition) is 2. The summed E-state index contributed by atoms with van der Waals surface area (Å²) in [5.41, 5.74) is 5.22. The second-order valence-electron chi connectivity index (χ2n) is 4.83. The van der Waals surface area contributed by atoms with Crippen molar-refractivity contribution in [2.75, 3.05) is 5.32 Å². The zero-order chi connectivity index (χ0) is 13.2. The number of carbonyl (C=O) groups excluding carboxylic acids is 1. The summed E-state index contributed by atoms with van der Waals surface area (Å²) in [6, 6.07) is 2.91. The van der Waals surface area contributed by atoms with Crippen molar-refractivity contribution in [1.29, 1.82) is 0 Å². The fourth-order valence-corrected chi connectivity index (χ4v) is 2.29. The van der Waals surface area contributed by atoms with Gasteiger partial charge in [-0.3, -0.25) is 4.79 Å². The molecule has 1 saturated carbocycles. The number of carbonyl (C=O) groups is 1. The van der Waals surface area contributed by atoms with E-state index in [1.54, 1.807) is 0 Å². The van der Waals surface area contributed by atoms with Gasteiger partial charge in [0.25, 0.3) is 0 Å². The molecule has 1 aromatic rings. The Hall–Kier alpha value is -1.49. The van der Waals surface area contributed by atoms with Crippen LogP contribution in [0.15, 0.2) is 18.2 Å². The standard InChI is InChI=1S/C13H16F2N2O/c14-9-6-10(15)8-11(7-9)17-12(18)13(16)4-2-1-3-5-13/h6-8H,1-5,16H2,(H,17,18). The van der Waals surface area contributed by atoms with Gasteiger partial charge in [-0.25, -0.2) is 8.78 Å².